The van der Waals surface area contributed by atoms with Gasteiger partial charge in [0.15, 0.2) is 0 Å². The van der Waals surface area contributed by atoms with Gasteiger partial charge in [0.25, 0.3) is 0 Å². The molecular weight excluding hydrogens is 288 g/mol. The minimum atomic E-state index is -0.298. The Labute approximate surface area is 138 Å². The van der Waals surface area contributed by atoms with Gasteiger partial charge in [0.05, 0.1) is 6.10 Å². The van der Waals surface area contributed by atoms with Crippen molar-refractivity contribution in [3.05, 3.63) is 65.7 Å². The smallest absolute Gasteiger partial charge is 0.120 e. The van der Waals surface area contributed by atoms with Crippen molar-refractivity contribution >= 4 is 0 Å². The number of nitrogens with one attached hydrogen (secondary N) is 2. The van der Waals surface area contributed by atoms with E-state index in [4.69, 9.17) is 9.84 Å². The lowest BCUT2D eigenvalue weighted by Gasteiger charge is -2.10. The monoisotopic (exact) mass is 314 g/mol. The molecule has 0 bridgehead atoms. The maximum Gasteiger partial charge on any atom is 0.120 e. The van der Waals surface area contributed by atoms with Gasteiger partial charge in [-0.15, -0.1) is 0 Å². The first-order chi connectivity index (χ1) is 11.2. The number of ether oxygens (including phenoxy) is 1. The second-order valence-electron chi connectivity index (χ2n) is 5.65. The average molecular weight is 314 g/mol. The summed E-state index contributed by atoms with van der Waals surface area (Å²) in [5.41, 5.74) is 2.37. The van der Waals surface area contributed by atoms with Crippen LogP contribution in [0.1, 0.15) is 18.1 Å². The summed E-state index contributed by atoms with van der Waals surface area (Å²) in [4.78, 5) is 0. The lowest BCUT2D eigenvalue weighted by Crippen LogP contribution is -2.31. The van der Waals surface area contributed by atoms with Gasteiger partial charge in [0.2, 0.25) is 0 Å². The Hall–Kier alpha value is -1.88. The number of hydrogen-bond acceptors (Lipinski definition) is 4. The third kappa shape index (κ3) is 7.28. The topological polar surface area (TPSA) is 53.5 Å². The molecule has 0 amide bonds. The van der Waals surface area contributed by atoms with Gasteiger partial charge in [-0.25, -0.2) is 0 Å². The van der Waals surface area contributed by atoms with Gasteiger partial charge >= 0.3 is 0 Å². The lowest BCUT2D eigenvalue weighted by molar-refractivity contribution is 0.191. The Bertz CT molecular complexity index is 558. The van der Waals surface area contributed by atoms with E-state index in [9.17, 15) is 0 Å². The number of benzene rings is 2. The van der Waals surface area contributed by atoms with E-state index in [0.29, 0.717) is 13.2 Å². The van der Waals surface area contributed by atoms with Gasteiger partial charge in [0, 0.05) is 26.2 Å². The van der Waals surface area contributed by atoms with Gasteiger partial charge in [-0.1, -0.05) is 42.5 Å². The average Bonchev–Trinajstić information content (AvgIpc) is 2.57. The third-order valence-electron chi connectivity index (χ3n) is 3.39. The Morgan fingerprint density at radius 1 is 0.957 bits per heavy atom. The highest BCUT2D eigenvalue weighted by Gasteiger charge is 1.99. The molecule has 4 nitrogen and oxygen atoms in total. The van der Waals surface area contributed by atoms with Gasteiger partial charge in [-0.05, 0) is 30.2 Å². The first-order valence-corrected chi connectivity index (χ1v) is 8.09. The molecule has 2 aromatic rings. The Kier molecular flexibility index (Phi) is 7.60. The van der Waals surface area contributed by atoms with E-state index in [1.807, 2.05) is 30.3 Å². The first-order valence-electron chi connectivity index (χ1n) is 8.09. The molecular formula is C19H26N2O2. The highest BCUT2D eigenvalue weighted by atomic mass is 16.5. The molecule has 0 spiro atoms. The minimum Gasteiger partial charge on any atom is -0.489 e. The zero-order chi connectivity index (χ0) is 16.3. The molecule has 2 rings (SSSR count). The summed E-state index contributed by atoms with van der Waals surface area (Å²) in [5.74, 6) is 0.889. The molecule has 4 heteroatoms. The van der Waals surface area contributed by atoms with Crippen LogP contribution in [0, 0.1) is 0 Å². The lowest BCUT2D eigenvalue weighted by atomic mass is 10.2. The molecule has 1 unspecified atom stereocenters. The van der Waals surface area contributed by atoms with Crippen LogP contribution in [0.15, 0.2) is 54.6 Å². The molecule has 2 aromatic carbocycles. The summed E-state index contributed by atoms with van der Waals surface area (Å²) in [6, 6.07) is 18.3. The van der Waals surface area contributed by atoms with Crippen LogP contribution in [-0.2, 0) is 13.2 Å². The largest absolute Gasteiger partial charge is 0.489 e. The number of aliphatic hydroxyl groups is 1. The Morgan fingerprint density at radius 3 is 2.48 bits per heavy atom. The van der Waals surface area contributed by atoms with E-state index in [2.05, 4.69) is 34.9 Å². The van der Waals surface area contributed by atoms with Crippen LogP contribution in [0.2, 0.25) is 0 Å². The van der Waals surface area contributed by atoms with Crippen LogP contribution in [0.3, 0.4) is 0 Å². The fourth-order valence-electron chi connectivity index (χ4n) is 2.21. The molecule has 0 saturated heterocycles. The zero-order valence-electron chi connectivity index (χ0n) is 13.7. The molecule has 124 valence electrons. The number of rotatable bonds is 10. The third-order valence-corrected chi connectivity index (χ3v) is 3.39. The fraction of sp³-hybridized carbons (Fsp3) is 0.368. The summed E-state index contributed by atoms with van der Waals surface area (Å²) in [7, 11) is 0. The standard InChI is InChI=1S/C19H26N2O2/c1-16(22)13-20-10-11-21-14-18-8-5-9-19(12-18)23-15-17-6-3-2-4-7-17/h2-9,12,16,20-22H,10-11,13-15H2,1H3. The fourth-order valence-corrected chi connectivity index (χ4v) is 2.21. The van der Waals surface area contributed by atoms with E-state index in [0.717, 1.165) is 25.4 Å². The van der Waals surface area contributed by atoms with Crippen LogP contribution in [0.5, 0.6) is 5.75 Å². The predicted molar refractivity (Wildman–Crippen MR) is 93.5 cm³/mol. The van der Waals surface area contributed by atoms with Crippen molar-refractivity contribution in [3.63, 3.8) is 0 Å². The molecule has 3 N–H and O–H groups in total. The SMILES string of the molecule is CC(O)CNCCNCc1cccc(OCc2ccccc2)c1. The second-order valence-corrected chi connectivity index (χ2v) is 5.65. The molecule has 0 aliphatic carbocycles. The first kappa shape index (κ1) is 17.5. The number of hydrogen-bond donors (Lipinski definition) is 3. The molecule has 23 heavy (non-hydrogen) atoms. The van der Waals surface area contributed by atoms with E-state index in [-0.39, 0.29) is 6.10 Å². The quantitative estimate of drug-likeness (QED) is 0.589. The van der Waals surface area contributed by atoms with E-state index in [1.165, 1.54) is 11.1 Å². The van der Waals surface area contributed by atoms with E-state index < -0.39 is 0 Å². The van der Waals surface area contributed by atoms with Crippen LogP contribution in [0.25, 0.3) is 0 Å². The molecule has 0 heterocycles. The second kappa shape index (κ2) is 10.0. The Morgan fingerprint density at radius 2 is 1.70 bits per heavy atom. The maximum absolute atomic E-state index is 9.15. The molecule has 0 aromatic heterocycles. The van der Waals surface area contributed by atoms with Crippen molar-refractivity contribution < 1.29 is 9.84 Å². The van der Waals surface area contributed by atoms with Crippen LogP contribution in [0.4, 0.5) is 0 Å². The molecule has 0 radical (unpaired) electrons. The highest BCUT2D eigenvalue weighted by molar-refractivity contribution is 5.29. The van der Waals surface area contributed by atoms with Crippen LogP contribution < -0.4 is 15.4 Å². The molecule has 0 fully saturated rings. The summed E-state index contributed by atoms with van der Waals surface area (Å²) in [5, 5.41) is 15.7. The summed E-state index contributed by atoms with van der Waals surface area (Å²) in [6.45, 7) is 5.50. The van der Waals surface area contributed by atoms with Crippen molar-refractivity contribution in [3.8, 4) is 5.75 Å². The van der Waals surface area contributed by atoms with Crippen molar-refractivity contribution in [2.75, 3.05) is 19.6 Å². The van der Waals surface area contributed by atoms with Crippen molar-refractivity contribution in [1.82, 2.24) is 10.6 Å². The summed E-state index contributed by atoms with van der Waals surface area (Å²) < 4.78 is 5.84. The van der Waals surface area contributed by atoms with E-state index >= 15 is 0 Å². The minimum absolute atomic E-state index is 0.298. The predicted octanol–water partition coefficient (Wildman–Crippen LogP) is 2.33. The Balaban J connectivity index is 1.70. The van der Waals surface area contributed by atoms with E-state index in [1.54, 1.807) is 6.92 Å². The number of aliphatic hydroxyl groups excluding tert-OH is 1. The van der Waals surface area contributed by atoms with Gasteiger partial charge in [-0.3, -0.25) is 0 Å². The molecule has 0 aliphatic heterocycles. The van der Waals surface area contributed by atoms with Crippen molar-refractivity contribution in [2.45, 2.75) is 26.2 Å². The van der Waals surface area contributed by atoms with Gasteiger partial charge in [0.1, 0.15) is 12.4 Å². The van der Waals surface area contributed by atoms with Crippen molar-refractivity contribution in [1.29, 1.82) is 0 Å². The molecule has 0 aliphatic rings. The van der Waals surface area contributed by atoms with Crippen molar-refractivity contribution in [2.24, 2.45) is 0 Å². The van der Waals surface area contributed by atoms with Crippen LogP contribution in [-0.4, -0.2) is 30.8 Å². The highest BCUT2D eigenvalue weighted by Crippen LogP contribution is 2.15. The van der Waals surface area contributed by atoms with Gasteiger partial charge in [-0.2, -0.15) is 0 Å². The molecule has 1 atom stereocenters. The van der Waals surface area contributed by atoms with Gasteiger partial charge < -0.3 is 20.5 Å². The normalized spacial score (nSPS) is 12.1. The maximum atomic E-state index is 9.15. The zero-order valence-corrected chi connectivity index (χ0v) is 13.7. The molecule has 0 saturated carbocycles. The summed E-state index contributed by atoms with van der Waals surface area (Å²) in [6.07, 6.45) is -0.298. The summed E-state index contributed by atoms with van der Waals surface area (Å²) >= 11 is 0. The van der Waals surface area contributed by atoms with Crippen LogP contribution >= 0.6 is 0 Å².